The Morgan fingerprint density at radius 1 is 1.47 bits per heavy atom. The van der Waals surface area contributed by atoms with Crippen LogP contribution < -0.4 is 0 Å². The normalized spacial score (nSPS) is 12.7. The number of allylic oxidation sites excluding steroid dienone is 1. The van der Waals surface area contributed by atoms with Crippen LogP contribution in [0.5, 0.6) is 0 Å². The summed E-state index contributed by atoms with van der Waals surface area (Å²) in [5.41, 5.74) is 1.08. The maximum Gasteiger partial charge on any atom is 0.0798 e. The highest BCUT2D eigenvalue weighted by Gasteiger charge is 2.08. The second kappa shape index (κ2) is 7.41. The minimum Gasteiger partial charge on any atom is -0.388 e. The third-order valence-corrected chi connectivity index (χ3v) is 4.17. The molecule has 0 fully saturated rings. The number of aliphatic hydroxyl groups excluding tert-OH is 1. The Morgan fingerprint density at radius 3 is 2.87 bits per heavy atom. The van der Waals surface area contributed by atoms with E-state index in [0.29, 0.717) is 0 Å². The van der Waals surface area contributed by atoms with Gasteiger partial charge in [0.15, 0.2) is 0 Å². The summed E-state index contributed by atoms with van der Waals surface area (Å²) >= 11 is 3.98. The molecular weight excluding hydrogens is 319 g/mol. The van der Waals surface area contributed by atoms with Crippen LogP contribution in [0.2, 0.25) is 0 Å². The predicted octanol–water partition coefficient (Wildman–Crippen LogP) is 4.52. The molecule has 0 aliphatic carbocycles. The van der Waals surface area contributed by atoms with Crippen molar-refractivity contribution in [2.45, 2.75) is 38.2 Å². The highest BCUT2D eigenvalue weighted by molar-refractivity contribution is 14.1. The Morgan fingerprint density at radius 2 is 2.27 bits per heavy atom. The molecule has 1 nitrogen and oxygen atoms in total. The zero-order valence-corrected chi connectivity index (χ0v) is 11.8. The lowest BCUT2D eigenvalue weighted by molar-refractivity contribution is 0.164. The summed E-state index contributed by atoms with van der Waals surface area (Å²) in [6.45, 7) is 3.69. The summed E-state index contributed by atoms with van der Waals surface area (Å²) in [4.78, 5) is 0. The Bertz CT molecular complexity index is 296. The molecule has 1 unspecified atom stereocenters. The molecule has 1 aromatic heterocycles. The molecule has 0 spiro atoms. The number of hydrogen-bond donors (Lipinski definition) is 1. The summed E-state index contributed by atoms with van der Waals surface area (Å²) in [5.74, 6) is 0. The van der Waals surface area contributed by atoms with Gasteiger partial charge in [-0.15, -0.1) is 17.9 Å². The quantitative estimate of drug-likeness (QED) is 0.441. The Labute approximate surface area is 109 Å². The molecule has 1 aromatic rings. The number of aliphatic hydroxyl groups is 1. The maximum absolute atomic E-state index is 9.87. The van der Waals surface area contributed by atoms with Crippen molar-refractivity contribution in [3.63, 3.8) is 0 Å². The fourth-order valence-corrected chi connectivity index (χ4v) is 2.89. The van der Waals surface area contributed by atoms with E-state index in [-0.39, 0.29) is 6.10 Å². The van der Waals surface area contributed by atoms with Gasteiger partial charge in [0.05, 0.1) is 8.99 Å². The van der Waals surface area contributed by atoms with Crippen molar-refractivity contribution in [1.82, 2.24) is 0 Å². The zero-order chi connectivity index (χ0) is 11.1. The highest BCUT2D eigenvalue weighted by Crippen LogP contribution is 2.25. The average Bonchev–Trinajstić information content (AvgIpc) is 2.64. The van der Waals surface area contributed by atoms with Crippen LogP contribution in [-0.2, 0) is 0 Å². The Hall–Kier alpha value is 0.130. The van der Waals surface area contributed by atoms with E-state index in [2.05, 4.69) is 40.6 Å². The summed E-state index contributed by atoms with van der Waals surface area (Å²) in [7, 11) is 0. The molecule has 0 radical (unpaired) electrons. The molecule has 84 valence electrons. The lowest BCUT2D eigenvalue weighted by atomic mass is 10.1. The topological polar surface area (TPSA) is 20.2 Å². The molecule has 1 rings (SSSR count). The van der Waals surface area contributed by atoms with Crippen molar-refractivity contribution in [2.75, 3.05) is 0 Å². The molecule has 0 aliphatic rings. The van der Waals surface area contributed by atoms with Crippen molar-refractivity contribution in [3.8, 4) is 0 Å². The van der Waals surface area contributed by atoms with Gasteiger partial charge in [0.1, 0.15) is 0 Å². The fraction of sp³-hybridized carbons (Fsp3) is 0.500. The van der Waals surface area contributed by atoms with E-state index in [1.807, 2.05) is 6.08 Å². The molecule has 0 aliphatic heterocycles. The van der Waals surface area contributed by atoms with Gasteiger partial charge in [-0.1, -0.05) is 18.9 Å². The number of thiophene rings is 1. The average molecular weight is 336 g/mol. The standard InChI is InChI=1S/C12H17IOS/c1-2-3-4-5-6-7-11(14)10-8-12(13)15-9-10/h2,8-9,11,14H,1,3-7H2. The molecule has 0 amide bonds. The third-order valence-electron chi connectivity index (χ3n) is 2.36. The highest BCUT2D eigenvalue weighted by atomic mass is 127. The van der Waals surface area contributed by atoms with Gasteiger partial charge in [-0.2, -0.15) is 0 Å². The maximum atomic E-state index is 9.87. The van der Waals surface area contributed by atoms with Crippen LogP contribution in [0.4, 0.5) is 0 Å². The minimum absolute atomic E-state index is 0.270. The first-order chi connectivity index (χ1) is 7.24. The van der Waals surface area contributed by atoms with Gasteiger partial charge in [0.2, 0.25) is 0 Å². The molecule has 15 heavy (non-hydrogen) atoms. The first-order valence-corrected chi connectivity index (χ1v) is 7.22. The number of hydrogen-bond acceptors (Lipinski definition) is 2. The molecule has 0 aromatic carbocycles. The predicted molar refractivity (Wildman–Crippen MR) is 75.3 cm³/mol. The van der Waals surface area contributed by atoms with Crippen molar-refractivity contribution in [1.29, 1.82) is 0 Å². The van der Waals surface area contributed by atoms with Gasteiger partial charge >= 0.3 is 0 Å². The first kappa shape index (κ1) is 13.2. The monoisotopic (exact) mass is 336 g/mol. The van der Waals surface area contributed by atoms with Gasteiger partial charge in [0, 0.05) is 0 Å². The SMILES string of the molecule is C=CCCCCCC(O)c1csc(I)c1. The zero-order valence-electron chi connectivity index (χ0n) is 8.79. The Balaban J connectivity index is 2.18. The van der Waals surface area contributed by atoms with Gasteiger partial charge in [-0.3, -0.25) is 0 Å². The number of rotatable bonds is 7. The number of halogens is 1. The lowest BCUT2D eigenvalue weighted by Gasteiger charge is -2.07. The number of unbranched alkanes of at least 4 members (excludes halogenated alkanes) is 3. The van der Waals surface area contributed by atoms with E-state index in [4.69, 9.17) is 0 Å². The van der Waals surface area contributed by atoms with E-state index in [0.717, 1.165) is 24.8 Å². The van der Waals surface area contributed by atoms with Crippen LogP contribution in [0.15, 0.2) is 24.1 Å². The summed E-state index contributed by atoms with van der Waals surface area (Å²) in [6.07, 6.45) is 7.13. The lowest BCUT2D eigenvalue weighted by Crippen LogP contribution is -1.95. The molecule has 3 heteroatoms. The van der Waals surface area contributed by atoms with E-state index < -0.39 is 0 Å². The smallest absolute Gasteiger partial charge is 0.0798 e. The van der Waals surface area contributed by atoms with Gasteiger partial charge in [-0.05, 0) is 58.9 Å². The second-order valence-electron chi connectivity index (χ2n) is 3.63. The third kappa shape index (κ3) is 5.13. The van der Waals surface area contributed by atoms with Crippen LogP contribution in [0.3, 0.4) is 0 Å². The van der Waals surface area contributed by atoms with Gasteiger partial charge in [0.25, 0.3) is 0 Å². The summed E-state index contributed by atoms with van der Waals surface area (Å²) in [6, 6.07) is 2.07. The molecule has 1 heterocycles. The molecule has 0 saturated heterocycles. The van der Waals surface area contributed by atoms with Crippen LogP contribution in [-0.4, -0.2) is 5.11 Å². The van der Waals surface area contributed by atoms with Crippen molar-refractivity contribution < 1.29 is 5.11 Å². The fourth-order valence-electron chi connectivity index (χ4n) is 1.47. The van der Waals surface area contributed by atoms with Crippen LogP contribution in [0.1, 0.15) is 43.8 Å². The van der Waals surface area contributed by atoms with E-state index >= 15 is 0 Å². The largest absolute Gasteiger partial charge is 0.388 e. The van der Waals surface area contributed by atoms with Crippen LogP contribution in [0, 0.1) is 2.88 Å². The first-order valence-electron chi connectivity index (χ1n) is 5.27. The molecule has 1 atom stereocenters. The molecule has 0 bridgehead atoms. The van der Waals surface area contributed by atoms with E-state index in [1.54, 1.807) is 11.3 Å². The molecule has 1 N–H and O–H groups in total. The van der Waals surface area contributed by atoms with E-state index in [1.165, 1.54) is 15.7 Å². The van der Waals surface area contributed by atoms with Gasteiger partial charge in [-0.25, -0.2) is 0 Å². The Kier molecular flexibility index (Phi) is 6.52. The van der Waals surface area contributed by atoms with Crippen molar-refractivity contribution >= 4 is 33.9 Å². The summed E-state index contributed by atoms with van der Waals surface area (Å²) in [5, 5.41) is 11.9. The van der Waals surface area contributed by atoms with Crippen molar-refractivity contribution in [2.24, 2.45) is 0 Å². The minimum atomic E-state index is -0.270. The molecule has 0 saturated carbocycles. The van der Waals surface area contributed by atoms with Gasteiger partial charge < -0.3 is 5.11 Å². The second-order valence-corrected chi connectivity index (χ2v) is 6.43. The summed E-state index contributed by atoms with van der Waals surface area (Å²) < 4.78 is 1.24. The van der Waals surface area contributed by atoms with Crippen LogP contribution >= 0.6 is 33.9 Å². The van der Waals surface area contributed by atoms with E-state index in [9.17, 15) is 5.11 Å². The molecular formula is C12H17IOS. The van der Waals surface area contributed by atoms with Crippen molar-refractivity contribution in [3.05, 3.63) is 32.5 Å². The van der Waals surface area contributed by atoms with Crippen LogP contribution in [0.25, 0.3) is 0 Å².